The summed E-state index contributed by atoms with van der Waals surface area (Å²) >= 11 is 6.57. The summed E-state index contributed by atoms with van der Waals surface area (Å²) in [5, 5.41) is 6.61. The van der Waals surface area contributed by atoms with E-state index in [-0.39, 0.29) is 6.03 Å². The van der Waals surface area contributed by atoms with Crippen LogP contribution in [-0.2, 0) is 16.8 Å². The Morgan fingerprint density at radius 1 is 1.38 bits per heavy atom. The van der Waals surface area contributed by atoms with E-state index in [0.717, 1.165) is 68.5 Å². The van der Waals surface area contributed by atoms with Crippen LogP contribution < -0.4 is 10.6 Å². The molecule has 1 atom stereocenters. The van der Waals surface area contributed by atoms with Crippen LogP contribution in [0.15, 0.2) is 10.5 Å². The molecule has 0 bridgehead atoms. The van der Waals surface area contributed by atoms with Crippen LogP contribution in [0.2, 0.25) is 5.02 Å². The van der Waals surface area contributed by atoms with Gasteiger partial charge in [-0.05, 0) is 37.8 Å². The van der Waals surface area contributed by atoms with Gasteiger partial charge in [0.1, 0.15) is 5.52 Å². The number of anilines is 1. The minimum Gasteiger partial charge on any atom is -0.439 e. The van der Waals surface area contributed by atoms with Crippen molar-refractivity contribution >= 4 is 34.4 Å². The fraction of sp³-hybridized carbons (Fsp3) is 0.619. The number of urea groups is 1. The van der Waals surface area contributed by atoms with E-state index in [4.69, 9.17) is 25.7 Å². The van der Waals surface area contributed by atoms with Gasteiger partial charge in [0.2, 0.25) is 5.89 Å². The lowest BCUT2D eigenvalue weighted by Gasteiger charge is -2.42. The highest BCUT2D eigenvalue weighted by atomic mass is 35.5. The van der Waals surface area contributed by atoms with Crippen molar-refractivity contribution < 1.29 is 13.9 Å². The summed E-state index contributed by atoms with van der Waals surface area (Å²) in [6.45, 7) is 3.48. The summed E-state index contributed by atoms with van der Waals surface area (Å²) < 4.78 is 11.6. The number of methoxy groups -OCH3 is 1. The fourth-order valence-electron chi connectivity index (χ4n) is 5.30. The average Bonchev–Trinajstić information content (AvgIpc) is 3.29. The zero-order valence-electron chi connectivity index (χ0n) is 16.7. The second-order valence-electron chi connectivity index (χ2n) is 8.63. The Bertz CT molecular complexity index is 938. The first-order chi connectivity index (χ1) is 14.1. The molecule has 1 aliphatic carbocycles. The van der Waals surface area contributed by atoms with Gasteiger partial charge in [-0.2, -0.15) is 0 Å². The second-order valence-corrected chi connectivity index (χ2v) is 9.04. The molecule has 29 heavy (non-hydrogen) atoms. The van der Waals surface area contributed by atoms with Crippen LogP contribution >= 0.6 is 11.6 Å². The zero-order valence-corrected chi connectivity index (χ0v) is 17.5. The molecule has 3 heterocycles. The highest BCUT2D eigenvalue weighted by Gasteiger charge is 2.44. The molecule has 1 aromatic heterocycles. The van der Waals surface area contributed by atoms with E-state index in [2.05, 4.69) is 15.5 Å². The Morgan fingerprint density at radius 3 is 3.00 bits per heavy atom. The monoisotopic (exact) mass is 418 g/mol. The van der Waals surface area contributed by atoms with E-state index in [1.807, 2.05) is 6.07 Å². The van der Waals surface area contributed by atoms with Gasteiger partial charge in [-0.1, -0.05) is 30.9 Å². The predicted molar refractivity (Wildman–Crippen MR) is 111 cm³/mol. The number of amides is 2. The van der Waals surface area contributed by atoms with Crippen LogP contribution in [-0.4, -0.2) is 42.7 Å². The molecule has 0 radical (unpaired) electrons. The van der Waals surface area contributed by atoms with Crippen LogP contribution in [0.1, 0.15) is 50.0 Å². The van der Waals surface area contributed by atoms with Gasteiger partial charge >= 0.3 is 6.03 Å². The largest absolute Gasteiger partial charge is 0.439 e. The number of benzene rings is 1. The quantitative estimate of drug-likeness (QED) is 0.776. The summed E-state index contributed by atoms with van der Waals surface area (Å²) in [5.41, 5.74) is 2.74. The molecular formula is C21H27ClN4O3. The number of fused-ring (bicyclic) bond motifs is 4. The van der Waals surface area contributed by atoms with Gasteiger partial charge in [0.05, 0.1) is 29.4 Å². The molecule has 8 heteroatoms. The summed E-state index contributed by atoms with van der Waals surface area (Å²) in [7, 11) is 1.75. The van der Waals surface area contributed by atoms with Crippen LogP contribution in [0.3, 0.4) is 0 Å². The van der Waals surface area contributed by atoms with Crippen LogP contribution in [0.5, 0.6) is 0 Å². The number of hydrogen-bond acceptors (Lipinski definition) is 5. The van der Waals surface area contributed by atoms with Crippen LogP contribution in [0, 0.1) is 5.92 Å². The van der Waals surface area contributed by atoms with Crippen molar-refractivity contribution in [2.75, 3.05) is 32.1 Å². The number of oxazole rings is 1. The van der Waals surface area contributed by atoms with Gasteiger partial charge in [0.25, 0.3) is 0 Å². The third kappa shape index (κ3) is 3.39. The van der Waals surface area contributed by atoms with Gasteiger partial charge in [-0.3, -0.25) is 4.90 Å². The molecule has 5 rings (SSSR count). The van der Waals surface area contributed by atoms with Crippen molar-refractivity contribution in [3.05, 3.63) is 22.5 Å². The molecule has 2 amide bonds. The third-order valence-electron chi connectivity index (χ3n) is 6.59. The Morgan fingerprint density at radius 2 is 2.21 bits per heavy atom. The summed E-state index contributed by atoms with van der Waals surface area (Å²) in [5.74, 6) is 1.27. The Hall–Kier alpha value is -1.83. The molecule has 2 aromatic rings. The standard InChI is InChI=1S/C21H27ClN4O3/c1-28-12-13-5-8-26(10-13)11-16-23-15-9-14(22)18-17(19(15)29-16)21(25-20(27)24-18)6-3-2-4-7-21/h9,13H,2-8,10-12H2,1H3,(H2,24,25,27)/t13-/m0/s1. The van der Waals surface area contributed by atoms with Crippen molar-refractivity contribution in [3.8, 4) is 0 Å². The van der Waals surface area contributed by atoms with E-state index in [1.54, 1.807) is 7.11 Å². The minimum absolute atomic E-state index is 0.193. The average molecular weight is 419 g/mol. The number of carbonyl (C=O) groups excluding carboxylic acids is 1. The lowest BCUT2D eigenvalue weighted by molar-refractivity contribution is 0.151. The molecule has 1 spiro atoms. The smallest absolute Gasteiger partial charge is 0.319 e. The van der Waals surface area contributed by atoms with Crippen LogP contribution in [0.25, 0.3) is 11.1 Å². The summed E-state index contributed by atoms with van der Waals surface area (Å²) in [4.78, 5) is 19.5. The number of nitrogens with one attached hydrogen (secondary N) is 2. The number of ether oxygens (including phenoxy) is 1. The molecule has 7 nitrogen and oxygen atoms in total. The zero-order chi connectivity index (χ0) is 20.0. The molecule has 2 N–H and O–H groups in total. The molecule has 2 fully saturated rings. The van der Waals surface area contributed by atoms with E-state index < -0.39 is 5.54 Å². The van der Waals surface area contributed by atoms with Gasteiger partial charge in [-0.25, -0.2) is 9.78 Å². The number of likely N-dealkylation sites (tertiary alicyclic amines) is 1. The molecule has 156 valence electrons. The first-order valence-electron chi connectivity index (χ1n) is 10.5. The number of halogens is 1. The van der Waals surface area contributed by atoms with Gasteiger partial charge < -0.3 is 19.8 Å². The maximum Gasteiger partial charge on any atom is 0.319 e. The first-order valence-corrected chi connectivity index (χ1v) is 10.9. The Balaban J connectivity index is 1.52. The van der Waals surface area contributed by atoms with Crippen molar-refractivity contribution in [1.29, 1.82) is 0 Å². The molecule has 3 aliphatic rings. The second kappa shape index (κ2) is 7.45. The molecule has 0 unspecified atom stereocenters. The van der Waals surface area contributed by atoms with E-state index in [0.29, 0.717) is 29.1 Å². The number of nitrogens with zero attached hydrogens (tertiary/aromatic N) is 2. The van der Waals surface area contributed by atoms with E-state index in [9.17, 15) is 4.79 Å². The van der Waals surface area contributed by atoms with Gasteiger partial charge in [0, 0.05) is 19.2 Å². The van der Waals surface area contributed by atoms with Gasteiger partial charge in [0.15, 0.2) is 5.58 Å². The number of aromatic nitrogens is 1. The topological polar surface area (TPSA) is 79.6 Å². The Labute approximate surface area is 175 Å². The highest BCUT2D eigenvalue weighted by molar-refractivity contribution is 6.35. The van der Waals surface area contributed by atoms with E-state index >= 15 is 0 Å². The first kappa shape index (κ1) is 19.2. The molecule has 1 saturated heterocycles. The van der Waals surface area contributed by atoms with Crippen molar-refractivity contribution in [3.63, 3.8) is 0 Å². The Kier molecular flexibility index (Phi) is 4.92. The fourth-order valence-corrected chi connectivity index (χ4v) is 5.55. The molecular weight excluding hydrogens is 392 g/mol. The molecule has 2 aliphatic heterocycles. The minimum atomic E-state index is -0.424. The lowest BCUT2D eigenvalue weighted by atomic mass is 9.74. The van der Waals surface area contributed by atoms with Crippen molar-refractivity contribution in [2.45, 2.75) is 50.6 Å². The normalized spacial score (nSPS) is 23.9. The maximum absolute atomic E-state index is 12.4. The number of rotatable bonds is 4. The maximum atomic E-state index is 12.4. The number of carbonyl (C=O) groups is 1. The molecule has 1 saturated carbocycles. The summed E-state index contributed by atoms with van der Waals surface area (Å²) in [6.07, 6.45) is 6.25. The van der Waals surface area contributed by atoms with Crippen molar-refractivity contribution in [1.82, 2.24) is 15.2 Å². The van der Waals surface area contributed by atoms with Gasteiger partial charge in [-0.15, -0.1) is 0 Å². The predicted octanol–water partition coefficient (Wildman–Crippen LogP) is 4.24. The van der Waals surface area contributed by atoms with Crippen molar-refractivity contribution in [2.24, 2.45) is 5.92 Å². The molecule has 1 aromatic carbocycles. The summed E-state index contributed by atoms with van der Waals surface area (Å²) in [6, 6.07) is 1.62. The lowest BCUT2D eigenvalue weighted by Crippen LogP contribution is -2.52. The SMILES string of the molecule is COC[C@H]1CCN(Cc2nc3cc(Cl)c4c(c3o2)C2(CCCCC2)NC(=O)N4)C1. The number of hydrogen-bond donors (Lipinski definition) is 2. The third-order valence-corrected chi connectivity index (χ3v) is 6.88. The van der Waals surface area contributed by atoms with E-state index in [1.165, 1.54) is 6.42 Å². The van der Waals surface area contributed by atoms with Crippen LogP contribution in [0.4, 0.5) is 10.5 Å². The highest BCUT2D eigenvalue weighted by Crippen LogP contribution is 2.48.